The molecule has 0 aromatic rings. The van der Waals surface area contributed by atoms with Gasteiger partial charge in [0.15, 0.2) is 0 Å². The fourth-order valence-corrected chi connectivity index (χ4v) is 0.767. The number of rotatable bonds is 1. The Bertz CT molecular complexity index is 121. The minimum absolute atomic E-state index is 0.116. The number of quaternary nitrogens is 1. The van der Waals surface area contributed by atoms with Crippen LogP contribution in [0.4, 0.5) is 4.79 Å². The van der Waals surface area contributed by atoms with Crippen LogP contribution in [-0.2, 0) is 0 Å². The summed E-state index contributed by atoms with van der Waals surface area (Å²) in [6.45, 7) is 0.735. The lowest BCUT2D eigenvalue weighted by molar-refractivity contribution is -0.893. The first-order chi connectivity index (χ1) is 4.18. The van der Waals surface area contributed by atoms with E-state index in [9.17, 15) is 10.0 Å². The molecule has 1 heterocycles. The molecular weight excluding hydrogens is 124 g/mol. The minimum atomic E-state index is -1.05. The van der Waals surface area contributed by atoms with Gasteiger partial charge in [0.2, 0.25) is 0 Å². The van der Waals surface area contributed by atoms with E-state index in [1.54, 1.807) is 0 Å². The summed E-state index contributed by atoms with van der Waals surface area (Å²) in [6, 6.07) is -0.116. The normalized spacial score (nSPS) is 33.0. The molecule has 0 atom stereocenters. The summed E-state index contributed by atoms with van der Waals surface area (Å²) in [4.78, 5) is 9.89. The molecule has 5 heteroatoms. The van der Waals surface area contributed by atoms with Gasteiger partial charge in [-0.15, -0.1) is 0 Å². The third-order valence-corrected chi connectivity index (χ3v) is 1.28. The van der Waals surface area contributed by atoms with Crippen LogP contribution >= 0.6 is 0 Å². The molecule has 1 aliphatic heterocycles. The molecule has 0 aromatic carbocycles. The second-order valence-corrected chi connectivity index (χ2v) is 2.09. The van der Waals surface area contributed by atoms with E-state index in [-0.39, 0.29) is 11.1 Å². The highest BCUT2D eigenvalue weighted by atomic mass is 16.5. The average molecular weight is 132 g/mol. The molecule has 0 radical (unpaired) electrons. The number of amides is 1. The maximum absolute atomic E-state index is 10.3. The van der Waals surface area contributed by atoms with Gasteiger partial charge in [0, 0.05) is 0 Å². The molecule has 1 rings (SSSR count). The Morgan fingerprint density at radius 3 is 2.67 bits per heavy atom. The van der Waals surface area contributed by atoms with Crippen molar-refractivity contribution in [2.45, 2.75) is 6.04 Å². The summed E-state index contributed by atoms with van der Waals surface area (Å²) in [6.07, 6.45) is -1.05. The van der Waals surface area contributed by atoms with E-state index < -0.39 is 6.09 Å². The Morgan fingerprint density at radius 2 is 2.33 bits per heavy atom. The van der Waals surface area contributed by atoms with Crippen LogP contribution in [0, 0.1) is 5.21 Å². The zero-order valence-corrected chi connectivity index (χ0v) is 4.76. The van der Waals surface area contributed by atoms with Gasteiger partial charge < -0.3 is 20.7 Å². The molecule has 5 nitrogen and oxygen atoms in total. The molecule has 0 bridgehead atoms. The quantitative estimate of drug-likeness (QED) is 0.362. The second-order valence-electron chi connectivity index (χ2n) is 2.09. The monoisotopic (exact) mass is 132 g/mol. The van der Waals surface area contributed by atoms with Crippen LogP contribution in [0.2, 0.25) is 0 Å². The molecule has 0 aromatic heterocycles. The van der Waals surface area contributed by atoms with E-state index in [2.05, 4.69) is 5.32 Å². The summed E-state index contributed by atoms with van der Waals surface area (Å²) < 4.78 is 0. The maximum Gasteiger partial charge on any atom is 0.405 e. The van der Waals surface area contributed by atoms with Crippen molar-refractivity contribution >= 4 is 6.09 Å². The third kappa shape index (κ3) is 1.55. The van der Waals surface area contributed by atoms with Crippen LogP contribution in [0.25, 0.3) is 0 Å². The van der Waals surface area contributed by atoms with Crippen molar-refractivity contribution in [2.24, 2.45) is 0 Å². The standard InChI is InChI=1S/C4H8N2O3/c7-4(8)5-3-1-6(9)2-3/h3,5-6H,1-2H2,(H,7,8). The molecule has 3 N–H and O–H groups in total. The highest BCUT2D eigenvalue weighted by molar-refractivity contribution is 5.64. The molecule has 1 saturated heterocycles. The van der Waals surface area contributed by atoms with Crippen molar-refractivity contribution < 1.29 is 15.0 Å². The number of hydrogen-bond donors (Lipinski definition) is 3. The van der Waals surface area contributed by atoms with Crippen LogP contribution in [-0.4, -0.2) is 30.3 Å². The molecular formula is C4H8N2O3. The van der Waals surface area contributed by atoms with Gasteiger partial charge in [-0.3, -0.25) is 0 Å². The Morgan fingerprint density at radius 1 is 1.78 bits per heavy atom. The molecule has 9 heavy (non-hydrogen) atoms. The predicted octanol–water partition coefficient (Wildman–Crippen LogP) is -1.98. The minimum Gasteiger partial charge on any atom is -0.634 e. The summed E-state index contributed by atoms with van der Waals surface area (Å²) in [5.74, 6) is 0. The highest BCUT2D eigenvalue weighted by Crippen LogP contribution is 1.82. The van der Waals surface area contributed by atoms with E-state index in [1.165, 1.54) is 0 Å². The maximum atomic E-state index is 10.3. The van der Waals surface area contributed by atoms with Gasteiger partial charge in [0.1, 0.15) is 19.1 Å². The molecule has 0 unspecified atom stereocenters. The van der Waals surface area contributed by atoms with E-state index in [0.29, 0.717) is 13.1 Å². The first kappa shape index (κ1) is 6.31. The van der Waals surface area contributed by atoms with E-state index >= 15 is 0 Å². The van der Waals surface area contributed by atoms with Crippen molar-refractivity contribution in [1.82, 2.24) is 5.32 Å². The van der Waals surface area contributed by atoms with Gasteiger partial charge in [0.05, 0.1) is 0 Å². The van der Waals surface area contributed by atoms with E-state index in [1.807, 2.05) is 0 Å². The first-order valence-corrected chi connectivity index (χ1v) is 2.69. The highest BCUT2D eigenvalue weighted by Gasteiger charge is 2.26. The number of hydrogen-bond acceptors (Lipinski definition) is 2. The average Bonchev–Trinajstić information content (AvgIpc) is 1.60. The fraction of sp³-hybridized carbons (Fsp3) is 0.750. The number of carbonyl (C=O) groups is 1. The molecule has 0 spiro atoms. The predicted molar refractivity (Wildman–Crippen MR) is 29.0 cm³/mol. The van der Waals surface area contributed by atoms with Crippen molar-refractivity contribution in [3.05, 3.63) is 5.21 Å². The van der Waals surface area contributed by atoms with Crippen LogP contribution < -0.4 is 10.4 Å². The molecule has 52 valence electrons. The molecule has 1 fully saturated rings. The second kappa shape index (κ2) is 2.20. The number of carboxylic acid groups (broad SMARTS) is 1. The van der Waals surface area contributed by atoms with Crippen molar-refractivity contribution in [3.8, 4) is 0 Å². The van der Waals surface area contributed by atoms with Crippen LogP contribution in [0.3, 0.4) is 0 Å². The lowest BCUT2D eigenvalue weighted by atomic mass is 10.2. The van der Waals surface area contributed by atoms with Gasteiger partial charge >= 0.3 is 6.09 Å². The van der Waals surface area contributed by atoms with Gasteiger partial charge in [-0.25, -0.2) is 4.79 Å². The molecule has 1 aliphatic rings. The zero-order valence-electron chi connectivity index (χ0n) is 4.76. The number of nitrogens with one attached hydrogen (secondary N) is 2. The SMILES string of the molecule is O=C(O)NC1C[NH+]([O-])C1. The van der Waals surface area contributed by atoms with Crippen LogP contribution in [0.5, 0.6) is 0 Å². The summed E-state index contributed by atoms with van der Waals surface area (Å²) in [7, 11) is 0. The molecule has 0 aliphatic carbocycles. The summed E-state index contributed by atoms with van der Waals surface area (Å²) in [5.41, 5.74) is 0. The van der Waals surface area contributed by atoms with Crippen molar-refractivity contribution in [2.75, 3.05) is 13.1 Å². The lowest BCUT2D eigenvalue weighted by Gasteiger charge is -2.37. The molecule has 0 saturated carbocycles. The van der Waals surface area contributed by atoms with Gasteiger partial charge in [-0.05, 0) is 0 Å². The Labute approximate surface area is 51.8 Å². The van der Waals surface area contributed by atoms with Crippen molar-refractivity contribution in [1.29, 1.82) is 0 Å². The van der Waals surface area contributed by atoms with Gasteiger partial charge in [-0.1, -0.05) is 0 Å². The van der Waals surface area contributed by atoms with Gasteiger partial charge in [0.25, 0.3) is 0 Å². The zero-order chi connectivity index (χ0) is 6.85. The van der Waals surface area contributed by atoms with E-state index in [0.717, 1.165) is 0 Å². The topological polar surface area (TPSA) is 76.8 Å². The lowest BCUT2D eigenvalue weighted by Crippen LogP contribution is -3.18. The van der Waals surface area contributed by atoms with Gasteiger partial charge in [-0.2, -0.15) is 0 Å². The van der Waals surface area contributed by atoms with Crippen LogP contribution in [0.1, 0.15) is 0 Å². The Kier molecular flexibility index (Phi) is 1.54. The fourth-order valence-electron chi connectivity index (χ4n) is 0.767. The largest absolute Gasteiger partial charge is 0.634 e. The first-order valence-electron chi connectivity index (χ1n) is 2.69. The number of hydroxylamine groups is 2. The Balaban J connectivity index is 2.11. The van der Waals surface area contributed by atoms with Crippen molar-refractivity contribution in [3.63, 3.8) is 0 Å². The van der Waals surface area contributed by atoms with E-state index in [4.69, 9.17) is 5.11 Å². The summed E-state index contributed by atoms with van der Waals surface area (Å²) >= 11 is 0. The molecule has 1 amide bonds. The smallest absolute Gasteiger partial charge is 0.405 e. The summed E-state index contributed by atoms with van der Waals surface area (Å²) in [5, 5.41) is 20.7. The third-order valence-electron chi connectivity index (χ3n) is 1.28. The van der Waals surface area contributed by atoms with Crippen LogP contribution in [0.15, 0.2) is 0 Å². The Hall–Kier alpha value is -0.810.